The van der Waals surface area contributed by atoms with Gasteiger partial charge in [-0.1, -0.05) is 6.92 Å². The Morgan fingerprint density at radius 2 is 1.88 bits per heavy atom. The highest BCUT2D eigenvalue weighted by Crippen LogP contribution is 2.26. The molecule has 1 aromatic carbocycles. The van der Waals surface area contributed by atoms with E-state index in [1.165, 1.54) is 0 Å². The molecular formula is C14H23NO2. The molecule has 1 aromatic rings. The average molecular weight is 237 g/mol. The van der Waals surface area contributed by atoms with Crippen LogP contribution in [0.4, 0.5) is 0 Å². The molecule has 0 fully saturated rings. The Hall–Kier alpha value is -1.06. The highest BCUT2D eigenvalue weighted by Gasteiger charge is 2.14. The topological polar surface area (TPSA) is 41.5 Å². The fraction of sp³-hybridized carbons (Fsp3) is 0.571. The molecule has 0 aliphatic heterocycles. The molecule has 17 heavy (non-hydrogen) atoms. The molecule has 2 N–H and O–H groups in total. The van der Waals surface area contributed by atoms with Crippen LogP contribution in [0.25, 0.3) is 0 Å². The average Bonchev–Trinajstić information content (AvgIpc) is 2.28. The quantitative estimate of drug-likeness (QED) is 0.746. The SMILES string of the molecule is CCCNCC(O)c1c(C)cc(OC)cc1C. The molecule has 0 saturated heterocycles. The summed E-state index contributed by atoms with van der Waals surface area (Å²) in [6.07, 6.45) is 0.625. The van der Waals surface area contributed by atoms with Crippen molar-refractivity contribution >= 4 is 0 Å². The number of hydrogen-bond donors (Lipinski definition) is 2. The number of methoxy groups -OCH3 is 1. The molecule has 0 bridgehead atoms. The van der Waals surface area contributed by atoms with Gasteiger partial charge in [-0.3, -0.25) is 0 Å². The van der Waals surface area contributed by atoms with E-state index in [1.54, 1.807) is 7.11 Å². The zero-order valence-corrected chi connectivity index (χ0v) is 11.2. The van der Waals surface area contributed by atoms with Crippen molar-refractivity contribution in [1.82, 2.24) is 5.32 Å². The summed E-state index contributed by atoms with van der Waals surface area (Å²) in [6.45, 7) is 7.66. The first-order valence-corrected chi connectivity index (χ1v) is 6.14. The lowest BCUT2D eigenvalue weighted by Gasteiger charge is -2.18. The lowest BCUT2D eigenvalue weighted by molar-refractivity contribution is 0.173. The van der Waals surface area contributed by atoms with E-state index in [4.69, 9.17) is 4.74 Å². The van der Waals surface area contributed by atoms with Gasteiger partial charge in [-0.15, -0.1) is 0 Å². The summed E-state index contributed by atoms with van der Waals surface area (Å²) in [4.78, 5) is 0. The van der Waals surface area contributed by atoms with Crippen molar-refractivity contribution in [2.45, 2.75) is 33.3 Å². The smallest absolute Gasteiger partial charge is 0.119 e. The highest BCUT2D eigenvalue weighted by atomic mass is 16.5. The summed E-state index contributed by atoms with van der Waals surface area (Å²) < 4.78 is 5.21. The first kappa shape index (κ1) is 14.0. The molecule has 1 unspecified atom stereocenters. The summed E-state index contributed by atoms with van der Waals surface area (Å²) in [7, 11) is 1.66. The van der Waals surface area contributed by atoms with Gasteiger partial charge >= 0.3 is 0 Å². The fourth-order valence-electron chi connectivity index (χ4n) is 2.10. The summed E-state index contributed by atoms with van der Waals surface area (Å²) >= 11 is 0. The first-order valence-electron chi connectivity index (χ1n) is 6.14. The first-order chi connectivity index (χ1) is 8.10. The minimum absolute atomic E-state index is 0.451. The van der Waals surface area contributed by atoms with E-state index in [-0.39, 0.29) is 0 Å². The number of nitrogens with one attached hydrogen (secondary N) is 1. The van der Waals surface area contributed by atoms with Crippen LogP contribution in [0.2, 0.25) is 0 Å². The van der Waals surface area contributed by atoms with Crippen molar-refractivity contribution in [2.75, 3.05) is 20.2 Å². The van der Waals surface area contributed by atoms with Gasteiger partial charge in [-0.25, -0.2) is 0 Å². The number of ether oxygens (including phenoxy) is 1. The molecular weight excluding hydrogens is 214 g/mol. The van der Waals surface area contributed by atoms with E-state index in [0.717, 1.165) is 35.4 Å². The molecule has 3 nitrogen and oxygen atoms in total. The minimum Gasteiger partial charge on any atom is -0.497 e. The standard InChI is InChI=1S/C14H23NO2/c1-5-6-15-9-13(16)14-10(2)7-12(17-4)8-11(14)3/h7-8,13,15-16H,5-6,9H2,1-4H3. The predicted octanol–water partition coefficient (Wildman–Crippen LogP) is 2.35. The fourth-order valence-corrected chi connectivity index (χ4v) is 2.10. The Balaban J connectivity index is 2.82. The van der Waals surface area contributed by atoms with Crippen molar-refractivity contribution in [3.05, 3.63) is 28.8 Å². The van der Waals surface area contributed by atoms with E-state index in [9.17, 15) is 5.11 Å². The van der Waals surface area contributed by atoms with Crippen LogP contribution in [0.15, 0.2) is 12.1 Å². The van der Waals surface area contributed by atoms with E-state index in [1.807, 2.05) is 26.0 Å². The van der Waals surface area contributed by atoms with Crippen LogP contribution < -0.4 is 10.1 Å². The zero-order valence-electron chi connectivity index (χ0n) is 11.2. The maximum Gasteiger partial charge on any atom is 0.119 e. The molecule has 96 valence electrons. The lowest BCUT2D eigenvalue weighted by Crippen LogP contribution is -2.23. The van der Waals surface area contributed by atoms with Gasteiger partial charge in [0.25, 0.3) is 0 Å². The Kier molecular flexibility index (Phi) is 5.45. The number of aliphatic hydroxyl groups is 1. The Morgan fingerprint density at radius 3 is 2.35 bits per heavy atom. The molecule has 0 aliphatic carbocycles. The van der Waals surface area contributed by atoms with E-state index >= 15 is 0 Å². The van der Waals surface area contributed by atoms with Gasteiger partial charge in [0.1, 0.15) is 5.75 Å². The van der Waals surface area contributed by atoms with Gasteiger partial charge < -0.3 is 15.2 Å². The van der Waals surface area contributed by atoms with Crippen molar-refractivity contribution in [2.24, 2.45) is 0 Å². The van der Waals surface area contributed by atoms with E-state index in [2.05, 4.69) is 12.2 Å². The summed E-state index contributed by atoms with van der Waals surface area (Å²) in [5.41, 5.74) is 3.16. The van der Waals surface area contributed by atoms with Crippen molar-refractivity contribution in [3.8, 4) is 5.75 Å². The summed E-state index contributed by atoms with van der Waals surface area (Å²) in [5.74, 6) is 0.845. The van der Waals surface area contributed by atoms with Crippen molar-refractivity contribution in [1.29, 1.82) is 0 Å². The molecule has 0 heterocycles. The molecule has 0 aliphatic rings. The van der Waals surface area contributed by atoms with Gasteiger partial charge in [0.05, 0.1) is 13.2 Å². The molecule has 1 atom stereocenters. The second-order valence-corrected chi connectivity index (χ2v) is 4.39. The Bertz CT molecular complexity index is 340. The number of hydrogen-bond acceptors (Lipinski definition) is 3. The molecule has 0 radical (unpaired) electrons. The Labute approximate surface area is 104 Å². The van der Waals surface area contributed by atoms with Gasteiger partial charge in [0.15, 0.2) is 0 Å². The minimum atomic E-state index is -0.451. The third kappa shape index (κ3) is 3.72. The van der Waals surface area contributed by atoms with Crippen LogP contribution in [0.3, 0.4) is 0 Å². The number of rotatable bonds is 6. The monoisotopic (exact) mass is 237 g/mol. The third-order valence-electron chi connectivity index (χ3n) is 2.90. The van der Waals surface area contributed by atoms with Gasteiger partial charge in [-0.2, -0.15) is 0 Å². The third-order valence-corrected chi connectivity index (χ3v) is 2.90. The molecule has 3 heteroatoms. The molecule has 0 amide bonds. The molecule has 1 rings (SSSR count). The van der Waals surface area contributed by atoms with Crippen LogP contribution in [0, 0.1) is 13.8 Å². The number of benzene rings is 1. The van der Waals surface area contributed by atoms with Gasteiger partial charge in [0.2, 0.25) is 0 Å². The van der Waals surface area contributed by atoms with Crippen LogP contribution in [-0.4, -0.2) is 25.3 Å². The number of aryl methyl sites for hydroxylation is 2. The van der Waals surface area contributed by atoms with Crippen molar-refractivity contribution in [3.63, 3.8) is 0 Å². The van der Waals surface area contributed by atoms with Gasteiger partial charge in [0, 0.05) is 6.54 Å². The normalized spacial score (nSPS) is 12.5. The maximum absolute atomic E-state index is 10.2. The molecule has 0 aromatic heterocycles. The maximum atomic E-state index is 10.2. The second kappa shape index (κ2) is 6.62. The van der Waals surface area contributed by atoms with Crippen LogP contribution in [0.5, 0.6) is 5.75 Å². The van der Waals surface area contributed by atoms with Crippen LogP contribution >= 0.6 is 0 Å². The molecule has 0 spiro atoms. The highest BCUT2D eigenvalue weighted by molar-refractivity contribution is 5.42. The van der Waals surface area contributed by atoms with E-state index in [0.29, 0.717) is 6.54 Å². The van der Waals surface area contributed by atoms with Crippen LogP contribution in [0.1, 0.15) is 36.1 Å². The summed E-state index contributed by atoms with van der Waals surface area (Å²) in [5, 5.41) is 13.4. The largest absolute Gasteiger partial charge is 0.497 e. The predicted molar refractivity (Wildman–Crippen MR) is 70.6 cm³/mol. The summed E-state index contributed by atoms with van der Waals surface area (Å²) in [6, 6.07) is 3.93. The van der Waals surface area contributed by atoms with Gasteiger partial charge in [-0.05, 0) is 55.6 Å². The van der Waals surface area contributed by atoms with Crippen LogP contribution in [-0.2, 0) is 0 Å². The Morgan fingerprint density at radius 1 is 1.29 bits per heavy atom. The van der Waals surface area contributed by atoms with E-state index < -0.39 is 6.10 Å². The van der Waals surface area contributed by atoms with Crippen molar-refractivity contribution < 1.29 is 9.84 Å². The second-order valence-electron chi connectivity index (χ2n) is 4.39. The zero-order chi connectivity index (χ0) is 12.8. The number of aliphatic hydroxyl groups excluding tert-OH is 1. The molecule has 0 saturated carbocycles. The lowest BCUT2D eigenvalue weighted by atomic mass is 9.97.